The van der Waals surface area contributed by atoms with E-state index < -0.39 is 29.1 Å². The van der Waals surface area contributed by atoms with Crippen molar-refractivity contribution in [1.29, 1.82) is 0 Å². The Morgan fingerprint density at radius 3 is 2.20 bits per heavy atom. The van der Waals surface area contributed by atoms with Gasteiger partial charge in [-0.15, -0.1) is 0 Å². The van der Waals surface area contributed by atoms with Crippen molar-refractivity contribution in [3.05, 3.63) is 94.5 Å². The molecule has 0 radical (unpaired) electrons. The molecule has 0 bridgehead atoms. The van der Waals surface area contributed by atoms with Crippen molar-refractivity contribution in [2.24, 2.45) is 0 Å². The monoisotopic (exact) mass is 430 g/mol. The van der Waals surface area contributed by atoms with E-state index in [0.29, 0.717) is 16.5 Å². The number of anilines is 1. The molecule has 5 nitrogen and oxygen atoms in total. The van der Waals surface area contributed by atoms with Crippen LogP contribution in [0.2, 0.25) is 5.02 Å². The van der Waals surface area contributed by atoms with E-state index in [9.17, 15) is 18.4 Å². The number of imide groups is 1. The molecule has 3 amide bonds. The molecule has 0 aliphatic rings. The molecular weight excluding hydrogens is 414 g/mol. The van der Waals surface area contributed by atoms with Crippen molar-refractivity contribution < 1.29 is 23.1 Å². The van der Waals surface area contributed by atoms with E-state index in [1.807, 2.05) is 18.3 Å². The number of hydrogen-bond acceptors (Lipinski definition) is 3. The second-order valence-corrected chi connectivity index (χ2v) is 6.72. The Labute approximate surface area is 176 Å². The number of carbonyl (C=O) groups excluding carboxylic acids is 2. The number of carbonyl (C=O) groups is 2. The number of ether oxygens (including phenoxy) is 1. The summed E-state index contributed by atoms with van der Waals surface area (Å²) in [6, 6.07) is 15.8. The highest BCUT2D eigenvalue weighted by atomic mass is 35.5. The molecule has 154 valence electrons. The molecule has 0 aromatic heterocycles. The number of urea groups is 1. The number of para-hydroxylation sites is 1. The zero-order chi connectivity index (χ0) is 21.7. The van der Waals surface area contributed by atoms with Crippen LogP contribution in [0, 0.1) is 11.6 Å². The normalized spacial score (nSPS) is 11.5. The van der Waals surface area contributed by atoms with E-state index in [1.54, 1.807) is 42.5 Å². The molecule has 0 aliphatic carbocycles. The highest BCUT2D eigenvalue weighted by molar-refractivity contribution is 6.32. The van der Waals surface area contributed by atoms with Crippen molar-refractivity contribution in [3.8, 4) is 5.75 Å². The fraction of sp³-hybridized carbons (Fsp3) is 0.0909. The number of halogens is 3. The molecule has 0 saturated heterocycles. The summed E-state index contributed by atoms with van der Waals surface area (Å²) < 4.78 is 33.1. The van der Waals surface area contributed by atoms with Gasteiger partial charge in [0.1, 0.15) is 29.1 Å². The van der Waals surface area contributed by atoms with Crippen LogP contribution in [-0.2, 0) is 0 Å². The summed E-state index contributed by atoms with van der Waals surface area (Å²) in [5.41, 5.74) is 0.377. The lowest BCUT2D eigenvalue weighted by Gasteiger charge is -2.16. The summed E-state index contributed by atoms with van der Waals surface area (Å²) in [5, 5.41) is 4.82. The molecular formula is C22H17ClF2N2O3. The second-order valence-electron chi connectivity index (χ2n) is 6.32. The van der Waals surface area contributed by atoms with Crippen LogP contribution < -0.4 is 15.4 Å². The largest absolute Gasteiger partial charge is 0.484 e. The van der Waals surface area contributed by atoms with Crippen molar-refractivity contribution >= 4 is 29.2 Å². The third-order valence-electron chi connectivity index (χ3n) is 4.20. The lowest BCUT2D eigenvalue weighted by Crippen LogP contribution is -2.35. The van der Waals surface area contributed by atoms with E-state index in [1.165, 1.54) is 0 Å². The maximum Gasteiger partial charge on any atom is 0.326 e. The van der Waals surface area contributed by atoms with E-state index in [-0.39, 0.29) is 6.10 Å². The van der Waals surface area contributed by atoms with Gasteiger partial charge in [0.25, 0.3) is 5.91 Å². The molecule has 8 heteroatoms. The first-order chi connectivity index (χ1) is 14.3. The maximum absolute atomic E-state index is 13.6. The average molecular weight is 431 g/mol. The highest BCUT2D eigenvalue weighted by Crippen LogP contribution is 2.29. The Balaban J connectivity index is 1.60. The van der Waals surface area contributed by atoms with Crippen LogP contribution in [0.15, 0.2) is 66.7 Å². The first-order valence-electron chi connectivity index (χ1n) is 8.92. The standard InChI is InChI=1S/C22H17ClF2N2O3/c1-13(30-19-8-3-2-5-16(19)23)14-9-11-15(12-10-14)26-22(29)27-21(28)20-17(24)6-4-7-18(20)25/h2-13H,1H3,(H2,26,27,28,29). The smallest absolute Gasteiger partial charge is 0.326 e. The fourth-order valence-corrected chi connectivity index (χ4v) is 2.86. The summed E-state index contributed by atoms with van der Waals surface area (Å²) >= 11 is 6.09. The van der Waals surface area contributed by atoms with Gasteiger partial charge in [-0.2, -0.15) is 0 Å². The number of hydrogen-bond donors (Lipinski definition) is 2. The molecule has 3 rings (SSSR count). The van der Waals surface area contributed by atoms with Gasteiger partial charge in [0, 0.05) is 5.69 Å². The van der Waals surface area contributed by atoms with Gasteiger partial charge in [-0.3, -0.25) is 10.1 Å². The van der Waals surface area contributed by atoms with Gasteiger partial charge in [-0.05, 0) is 48.9 Å². The second kappa shape index (κ2) is 9.37. The van der Waals surface area contributed by atoms with E-state index in [4.69, 9.17) is 16.3 Å². The summed E-state index contributed by atoms with van der Waals surface area (Å²) in [6.45, 7) is 1.85. The van der Waals surface area contributed by atoms with E-state index in [2.05, 4.69) is 5.32 Å². The van der Waals surface area contributed by atoms with Crippen LogP contribution in [0.5, 0.6) is 5.75 Å². The topological polar surface area (TPSA) is 67.4 Å². The molecule has 1 atom stereocenters. The molecule has 0 aliphatic heterocycles. The zero-order valence-electron chi connectivity index (χ0n) is 15.8. The predicted octanol–water partition coefficient (Wildman–Crippen LogP) is 5.72. The van der Waals surface area contributed by atoms with Crippen molar-refractivity contribution in [2.75, 3.05) is 5.32 Å². The van der Waals surface area contributed by atoms with Crippen LogP contribution in [0.3, 0.4) is 0 Å². The van der Waals surface area contributed by atoms with Gasteiger partial charge < -0.3 is 10.1 Å². The Morgan fingerprint density at radius 2 is 1.57 bits per heavy atom. The van der Waals surface area contributed by atoms with Crippen LogP contribution in [0.1, 0.15) is 28.9 Å². The Kier molecular flexibility index (Phi) is 6.64. The van der Waals surface area contributed by atoms with Gasteiger partial charge in [-0.25, -0.2) is 13.6 Å². The van der Waals surface area contributed by atoms with Gasteiger partial charge >= 0.3 is 6.03 Å². The summed E-state index contributed by atoms with van der Waals surface area (Å²) in [4.78, 5) is 23.9. The van der Waals surface area contributed by atoms with Crippen molar-refractivity contribution in [3.63, 3.8) is 0 Å². The summed E-state index contributed by atoms with van der Waals surface area (Å²) in [7, 11) is 0. The van der Waals surface area contributed by atoms with Crippen LogP contribution in [0.25, 0.3) is 0 Å². The molecule has 0 heterocycles. The number of amides is 3. The average Bonchev–Trinajstić information content (AvgIpc) is 2.70. The van der Waals surface area contributed by atoms with Gasteiger partial charge in [0.2, 0.25) is 0 Å². The van der Waals surface area contributed by atoms with Gasteiger partial charge in [0.05, 0.1) is 5.02 Å². The third-order valence-corrected chi connectivity index (χ3v) is 4.51. The molecule has 3 aromatic rings. The zero-order valence-corrected chi connectivity index (χ0v) is 16.5. The minimum atomic E-state index is -1.18. The van der Waals surface area contributed by atoms with E-state index >= 15 is 0 Å². The molecule has 2 N–H and O–H groups in total. The maximum atomic E-state index is 13.6. The lowest BCUT2D eigenvalue weighted by molar-refractivity contribution is 0.0959. The first-order valence-corrected chi connectivity index (χ1v) is 9.30. The molecule has 1 unspecified atom stereocenters. The van der Waals surface area contributed by atoms with Crippen molar-refractivity contribution in [1.82, 2.24) is 5.32 Å². The minimum absolute atomic E-state index is 0.307. The lowest BCUT2D eigenvalue weighted by atomic mass is 10.1. The van der Waals surface area contributed by atoms with Crippen LogP contribution in [-0.4, -0.2) is 11.9 Å². The highest BCUT2D eigenvalue weighted by Gasteiger charge is 2.19. The Morgan fingerprint density at radius 1 is 0.933 bits per heavy atom. The first kappa shape index (κ1) is 21.3. The quantitative estimate of drug-likeness (QED) is 0.544. The Hall–Kier alpha value is -3.45. The van der Waals surface area contributed by atoms with Crippen LogP contribution >= 0.6 is 11.6 Å². The molecule has 0 spiro atoms. The molecule has 0 saturated carbocycles. The molecule has 30 heavy (non-hydrogen) atoms. The predicted molar refractivity (Wildman–Crippen MR) is 110 cm³/mol. The van der Waals surface area contributed by atoms with E-state index in [0.717, 1.165) is 23.8 Å². The summed E-state index contributed by atoms with van der Waals surface area (Å²) in [5.74, 6) is -2.75. The van der Waals surface area contributed by atoms with Gasteiger partial charge in [0.15, 0.2) is 0 Å². The van der Waals surface area contributed by atoms with Crippen LogP contribution in [0.4, 0.5) is 19.3 Å². The molecule has 3 aromatic carbocycles. The number of nitrogens with one attached hydrogen (secondary N) is 2. The number of benzene rings is 3. The molecule has 0 fully saturated rings. The Bertz CT molecular complexity index is 1050. The number of rotatable bonds is 5. The summed E-state index contributed by atoms with van der Waals surface area (Å²) in [6.07, 6.45) is -0.307. The van der Waals surface area contributed by atoms with Crippen molar-refractivity contribution in [2.45, 2.75) is 13.0 Å². The van der Waals surface area contributed by atoms with Gasteiger partial charge in [-0.1, -0.05) is 41.9 Å². The SMILES string of the molecule is CC(Oc1ccccc1Cl)c1ccc(NC(=O)NC(=O)c2c(F)cccc2F)cc1. The third kappa shape index (κ3) is 5.12. The fourth-order valence-electron chi connectivity index (χ4n) is 2.68. The minimum Gasteiger partial charge on any atom is -0.484 e.